The van der Waals surface area contributed by atoms with Crippen molar-refractivity contribution in [3.05, 3.63) is 94.0 Å². The number of amides is 1. The van der Waals surface area contributed by atoms with Crippen LogP contribution in [0.5, 0.6) is 5.75 Å². The number of methoxy groups -OCH3 is 1. The molecule has 4 aromatic rings. The largest absolute Gasteiger partial charge is 0.497 e. The highest BCUT2D eigenvalue weighted by atomic mass is 35.5. The minimum atomic E-state index is -0.154. The molecule has 0 fully saturated rings. The zero-order valence-electron chi connectivity index (χ0n) is 16.9. The molecule has 1 N–H and O–H groups in total. The number of carbonyl (C=O) groups is 1. The van der Waals surface area contributed by atoms with E-state index in [-0.39, 0.29) is 5.91 Å². The number of ether oxygens (including phenoxy) is 1. The molecule has 156 valence electrons. The van der Waals surface area contributed by atoms with E-state index in [4.69, 9.17) is 32.9 Å². The van der Waals surface area contributed by atoms with Gasteiger partial charge in [-0.25, -0.2) is 4.98 Å². The normalized spacial score (nSPS) is 10.8. The zero-order chi connectivity index (χ0) is 21.8. The van der Waals surface area contributed by atoms with Crippen LogP contribution in [-0.4, -0.2) is 24.5 Å². The molecule has 0 aliphatic carbocycles. The lowest BCUT2D eigenvalue weighted by molar-refractivity contribution is 0.0955. The molecule has 0 saturated carbocycles. The molecule has 0 aliphatic heterocycles. The number of halogens is 2. The van der Waals surface area contributed by atoms with Crippen molar-refractivity contribution in [1.29, 1.82) is 0 Å². The van der Waals surface area contributed by atoms with Crippen LogP contribution in [0.1, 0.15) is 15.9 Å². The van der Waals surface area contributed by atoms with E-state index in [0.29, 0.717) is 34.3 Å². The molecule has 3 aromatic carbocycles. The summed E-state index contributed by atoms with van der Waals surface area (Å²) < 4.78 is 5.18. The molecule has 6 heteroatoms. The summed E-state index contributed by atoms with van der Waals surface area (Å²) in [6.07, 6.45) is 0.717. The molecule has 0 saturated heterocycles. The van der Waals surface area contributed by atoms with Crippen LogP contribution < -0.4 is 10.1 Å². The third kappa shape index (κ3) is 4.82. The summed E-state index contributed by atoms with van der Waals surface area (Å²) in [5.74, 6) is 0.655. The van der Waals surface area contributed by atoms with Crippen molar-refractivity contribution < 1.29 is 9.53 Å². The topological polar surface area (TPSA) is 51.2 Å². The molecule has 1 aromatic heterocycles. The van der Waals surface area contributed by atoms with Crippen molar-refractivity contribution in [1.82, 2.24) is 10.3 Å². The van der Waals surface area contributed by atoms with Gasteiger partial charge in [-0.15, -0.1) is 0 Å². The van der Waals surface area contributed by atoms with Crippen molar-refractivity contribution in [2.75, 3.05) is 13.7 Å². The number of nitrogens with one attached hydrogen (secondary N) is 1. The average molecular weight is 451 g/mol. The molecule has 4 nitrogen and oxygen atoms in total. The molecule has 0 unspecified atom stereocenters. The standard InChI is InChI=1S/C25H20Cl2N2O2/c1-31-18-9-6-16(7-10-18)12-13-28-25(30)21-15-24(20-11-8-17(26)14-22(20)27)29-23-5-3-2-4-19(21)23/h2-11,14-15H,12-13H2,1H3,(H,28,30). The van der Waals surface area contributed by atoms with Crippen LogP contribution in [0.3, 0.4) is 0 Å². The summed E-state index contributed by atoms with van der Waals surface area (Å²) in [7, 11) is 1.64. The Labute approximate surface area is 190 Å². The van der Waals surface area contributed by atoms with Crippen LogP contribution in [0.25, 0.3) is 22.2 Å². The van der Waals surface area contributed by atoms with Gasteiger partial charge < -0.3 is 10.1 Å². The first kappa shape index (κ1) is 21.2. The number of nitrogens with zero attached hydrogens (tertiary/aromatic N) is 1. The van der Waals surface area contributed by atoms with Gasteiger partial charge in [0.25, 0.3) is 5.91 Å². The van der Waals surface area contributed by atoms with Crippen molar-refractivity contribution in [2.45, 2.75) is 6.42 Å². The Morgan fingerprint density at radius 2 is 1.77 bits per heavy atom. The van der Waals surface area contributed by atoms with E-state index in [0.717, 1.165) is 27.8 Å². The van der Waals surface area contributed by atoms with E-state index < -0.39 is 0 Å². The van der Waals surface area contributed by atoms with Crippen molar-refractivity contribution in [3.63, 3.8) is 0 Å². The molecule has 1 amide bonds. The lowest BCUT2D eigenvalue weighted by Gasteiger charge is -2.12. The van der Waals surface area contributed by atoms with Gasteiger partial charge in [0.2, 0.25) is 0 Å². The highest BCUT2D eigenvalue weighted by molar-refractivity contribution is 6.36. The first-order chi connectivity index (χ1) is 15.0. The SMILES string of the molecule is COc1ccc(CCNC(=O)c2cc(-c3ccc(Cl)cc3Cl)nc3ccccc23)cc1. The smallest absolute Gasteiger partial charge is 0.252 e. The zero-order valence-corrected chi connectivity index (χ0v) is 18.4. The van der Waals surface area contributed by atoms with Crippen LogP contribution in [0, 0.1) is 0 Å². The summed E-state index contributed by atoms with van der Waals surface area (Å²) in [6.45, 7) is 0.513. The molecule has 0 bridgehead atoms. The average Bonchev–Trinajstić information content (AvgIpc) is 2.78. The Kier molecular flexibility index (Phi) is 6.40. The second-order valence-corrected chi connectivity index (χ2v) is 7.89. The second kappa shape index (κ2) is 9.38. The molecule has 1 heterocycles. The highest BCUT2D eigenvalue weighted by Crippen LogP contribution is 2.31. The Hall–Kier alpha value is -3.08. The molecule has 0 spiro atoms. The van der Waals surface area contributed by atoms with Gasteiger partial charge in [-0.2, -0.15) is 0 Å². The van der Waals surface area contributed by atoms with Gasteiger partial charge in [-0.3, -0.25) is 4.79 Å². The monoisotopic (exact) mass is 450 g/mol. The Morgan fingerprint density at radius 1 is 1.00 bits per heavy atom. The van der Waals surface area contributed by atoms with Crippen LogP contribution >= 0.6 is 23.2 Å². The summed E-state index contributed by atoms with van der Waals surface area (Å²) in [6, 6.07) is 22.4. The Morgan fingerprint density at radius 3 is 2.52 bits per heavy atom. The number of carbonyl (C=O) groups excluding carboxylic acids is 1. The maximum absolute atomic E-state index is 13.1. The number of pyridine rings is 1. The predicted molar refractivity (Wildman–Crippen MR) is 126 cm³/mol. The maximum Gasteiger partial charge on any atom is 0.252 e. The van der Waals surface area contributed by atoms with Gasteiger partial charge >= 0.3 is 0 Å². The quantitative estimate of drug-likeness (QED) is 0.380. The van der Waals surface area contributed by atoms with E-state index in [9.17, 15) is 4.79 Å². The number of para-hydroxylation sites is 1. The van der Waals surface area contributed by atoms with Gasteiger partial charge in [-0.1, -0.05) is 53.5 Å². The first-order valence-electron chi connectivity index (χ1n) is 9.81. The molecule has 0 aliphatic rings. The third-order valence-corrected chi connectivity index (χ3v) is 5.57. The fourth-order valence-electron chi connectivity index (χ4n) is 3.41. The van der Waals surface area contributed by atoms with Crippen LogP contribution in [-0.2, 0) is 6.42 Å². The maximum atomic E-state index is 13.1. The molecule has 0 atom stereocenters. The number of rotatable bonds is 6. The first-order valence-corrected chi connectivity index (χ1v) is 10.6. The fraction of sp³-hybridized carbons (Fsp3) is 0.120. The van der Waals surface area contributed by atoms with Crippen LogP contribution in [0.4, 0.5) is 0 Å². The van der Waals surface area contributed by atoms with E-state index in [2.05, 4.69) is 5.32 Å². The lowest BCUT2D eigenvalue weighted by Crippen LogP contribution is -2.26. The predicted octanol–water partition coefficient (Wildman–Crippen LogP) is 6.19. The summed E-state index contributed by atoms with van der Waals surface area (Å²) in [5.41, 5.74) is 3.76. The molecule has 0 radical (unpaired) electrons. The fourth-order valence-corrected chi connectivity index (χ4v) is 3.91. The molecular formula is C25H20Cl2N2O2. The minimum Gasteiger partial charge on any atom is -0.497 e. The molecular weight excluding hydrogens is 431 g/mol. The highest BCUT2D eigenvalue weighted by Gasteiger charge is 2.15. The molecule has 31 heavy (non-hydrogen) atoms. The van der Waals surface area contributed by atoms with Gasteiger partial charge in [0.05, 0.1) is 28.9 Å². The van der Waals surface area contributed by atoms with Crippen LogP contribution in [0.15, 0.2) is 72.8 Å². The second-order valence-electron chi connectivity index (χ2n) is 7.05. The van der Waals surface area contributed by atoms with E-state index in [1.807, 2.05) is 54.6 Å². The van der Waals surface area contributed by atoms with Gasteiger partial charge in [0, 0.05) is 22.5 Å². The van der Waals surface area contributed by atoms with Gasteiger partial charge in [-0.05, 0) is 54.4 Å². The number of aromatic nitrogens is 1. The number of benzene rings is 3. The number of hydrogen-bond acceptors (Lipinski definition) is 3. The van der Waals surface area contributed by atoms with Crippen molar-refractivity contribution >= 4 is 40.0 Å². The Balaban J connectivity index is 1.60. The summed E-state index contributed by atoms with van der Waals surface area (Å²) in [4.78, 5) is 17.8. The Bertz CT molecular complexity index is 1240. The lowest BCUT2D eigenvalue weighted by atomic mass is 10.0. The van der Waals surface area contributed by atoms with Gasteiger partial charge in [0.15, 0.2) is 0 Å². The minimum absolute atomic E-state index is 0.154. The van der Waals surface area contributed by atoms with E-state index in [1.165, 1.54) is 0 Å². The van der Waals surface area contributed by atoms with E-state index in [1.54, 1.807) is 25.3 Å². The number of fused-ring (bicyclic) bond motifs is 1. The van der Waals surface area contributed by atoms with Gasteiger partial charge in [0.1, 0.15) is 5.75 Å². The van der Waals surface area contributed by atoms with E-state index >= 15 is 0 Å². The van der Waals surface area contributed by atoms with Crippen molar-refractivity contribution in [2.24, 2.45) is 0 Å². The third-order valence-electron chi connectivity index (χ3n) is 5.03. The van der Waals surface area contributed by atoms with Crippen molar-refractivity contribution in [3.8, 4) is 17.0 Å². The molecule has 4 rings (SSSR count). The van der Waals surface area contributed by atoms with Crippen LogP contribution in [0.2, 0.25) is 10.0 Å². The summed E-state index contributed by atoms with van der Waals surface area (Å²) in [5, 5.41) is 4.84. The number of hydrogen-bond donors (Lipinski definition) is 1. The summed E-state index contributed by atoms with van der Waals surface area (Å²) >= 11 is 12.4.